The fourth-order valence-corrected chi connectivity index (χ4v) is 1.97. The maximum Gasteiger partial charge on any atom is 0.126 e. The fraction of sp³-hybridized carbons (Fsp3) is 0.0769. The van der Waals surface area contributed by atoms with Gasteiger partial charge in [0, 0.05) is 5.39 Å². The largest absolute Gasteiger partial charge is 0.496 e. The van der Waals surface area contributed by atoms with Gasteiger partial charge in [0.15, 0.2) is 0 Å². The highest BCUT2D eigenvalue weighted by Crippen LogP contribution is 2.28. The van der Waals surface area contributed by atoms with Gasteiger partial charge in [-0.1, -0.05) is 46.3 Å². The predicted octanol–water partition coefficient (Wildman–Crippen LogP) is 4.21. The Labute approximate surface area is 97.5 Å². The van der Waals surface area contributed by atoms with Gasteiger partial charge in [-0.2, -0.15) is 0 Å². The van der Waals surface area contributed by atoms with E-state index < -0.39 is 0 Å². The van der Waals surface area contributed by atoms with Gasteiger partial charge in [-0.3, -0.25) is 0 Å². The topological polar surface area (TPSA) is 9.23 Å². The highest BCUT2D eigenvalue weighted by Gasteiger charge is 2.02. The fourth-order valence-electron chi connectivity index (χ4n) is 1.69. The van der Waals surface area contributed by atoms with Crippen molar-refractivity contribution < 1.29 is 4.74 Å². The number of benzene rings is 2. The molecular formula is C13H11BrO. The first kappa shape index (κ1) is 10.2. The second-order valence-electron chi connectivity index (χ2n) is 3.20. The predicted molar refractivity (Wildman–Crippen MR) is 68.5 cm³/mol. The SMILES string of the molecule is COc1ccc(C=CBr)c2ccccc12. The van der Waals surface area contributed by atoms with Crippen LogP contribution in [0.4, 0.5) is 0 Å². The first-order chi connectivity index (χ1) is 7.36. The highest BCUT2D eigenvalue weighted by molar-refractivity contribution is 9.11. The van der Waals surface area contributed by atoms with Crippen LogP contribution in [0.2, 0.25) is 0 Å². The minimum Gasteiger partial charge on any atom is -0.496 e. The van der Waals surface area contributed by atoms with Crippen LogP contribution < -0.4 is 4.74 Å². The van der Waals surface area contributed by atoms with E-state index in [4.69, 9.17) is 4.74 Å². The van der Waals surface area contributed by atoms with Crippen molar-refractivity contribution in [2.45, 2.75) is 0 Å². The molecule has 2 aromatic carbocycles. The Balaban J connectivity index is 2.77. The average molecular weight is 263 g/mol. The van der Waals surface area contributed by atoms with Crippen LogP contribution in [0.3, 0.4) is 0 Å². The summed E-state index contributed by atoms with van der Waals surface area (Å²) in [6.45, 7) is 0. The van der Waals surface area contributed by atoms with Crippen molar-refractivity contribution in [2.75, 3.05) is 7.11 Å². The quantitative estimate of drug-likeness (QED) is 0.788. The first-order valence-corrected chi connectivity index (χ1v) is 5.61. The summed E-state index contributed by atoms with van der Waals surface area (Å²) in [6.07, 6.45) is 2.03. The third-order valence-corrected chi connectivity index (χ3v) is 2.64. The molecular weight excluding hydrogens is 252 g/mol. The molecule has 0 aliphatic heterocycles. The van der Waals surface area contributed by atoms with Crippen molar-refractivity contribution in [1.82, 2.24) is 0 Å². The number of methoxy groups -OCH3 is 1. The second kappa shape index (κ2) is 4.49. The van der Waals surface area contributed by atoms with Crippen molar-refractivity contribution in [2.24, 2.45) is 0 Å². The van der Waals surface area contributed by atoms with Crippen LogP contribution in [0.25, 0.3) is 16.8 Å². The normalized spacial score (nSPS) is 11.1. The smallest absolute Gasteiger partial charge is 0.126 e. The summed E-state index contributed by atoms with van der Waals surface area (Å²) >= 11 is 3.30. The van der Waals surface area contributed by atoms with Crippen LogP contribution in [0.5, 0.6) is 5.75 Å². The lowest BCUT2D eigenvalue weighted by atomic mass is 10.0. The number of ether oxygens (including phenoxy) is 1. The molecule has 76 valence electrons. The summed E-state index contributed by atoms with van der Waals surface area (Å²) in [5, 5.41) is 2.34. The van der Waals surface area contributed by atoms with E-state index >= 15 is 0 Å². The van der Waals surface area contributed by atoms with E-state index in [1.165, 1.54) is 10.9 Å². The second-order valence-corrected chi connectivity index (χ2v) is 3.72. The van der Waals surface area contributed by atoms with Crippen LogP contribution in [-0.2, 0) is 0 Å². The molecule has 0 unspecified atom stereocenters. The first-order valence-electron chi connectivity index (χ1n) is 4.69. The zero-order valence-corrected chi connectivity index (χ0v) is 9.99. The lowest BCUT2D eigenvalue weighted by Crippen LogP contribution is -1.86. The molecule has 0 radical (unpaired) electrons. The Hall–Kier alpha value is -1.28. The van der Waals surface area contributed by atoms with Gasteiger partial charge in [0.1, 0.15) is 5.75 Å². The standard InChI is InChI=1S/C13H11BrO/c1-15-13-7-6-10(8-9-14)11-4-2-3-5-12(11)13/h2-9H,1H3. The van der Waals surface area contributed by atoms with Gasteiger partial charge in [-0.15, -0.1) is 0 Å². The van der Waals surface area contributed by atoms with Crippen molar-refractivity contribution >= 4 is 32.8 Å². The molecule has 1 nitrogen and oxygen atoms in total. The number of halogens is 1. The molecule has 15 heavy (non-hydrogen) atoms. The highest BCUT2D eigenvalue weighted by atomic mass is 79.9. The summed E-state index contributed by atoms with van der Waals surface area (Å²) < 4.78 is 5.32. The third-order valence-electron chi connectivity index (χ3n) is 2.38. The lowest BCUT2D eigenvalue weighted by Gasteiger charge is -2.07. The van der Waals surface area contributed by atoms with Gasteiger partial charge in [-0.05, 0) is 28.1 Å². The van der Waals surface area contributed by atoms with E-state index in [1.807, 2.05) is 29.3 Å². The molecule has 2 rings (SSSR count). The average Bonchev–Trinajstić information content (AvgIpc) is 2.30. The number of hydrogen-bond acceptors (Lipinski definition) is 1. The number of fused-ring (bicyclic) bond motifs is 1. The summed E-state index contributed by atoms with van der Waals surface area (Å²) in [4.78, 5) is 1.86. The number of hydrogen-bond donors (Lipinski definition) is 0. The van der Waals surface area contributed by atoms with Gasteiger partial charge >= 0.3 is 0 Å². The molecule has 0 bridgehead atoms. The molecule has 0 fully saturated rings. The maximum atomic E-state index is 5.32. The molecule has 0 saturated carbocycles. The van der Waals surface area contributed by atoms with Crippen molar-refractivity contribution in [3.8, 4) is 5.75 Å². The minimum atomic E-state index is 0.914. The molecule has 0 saturated heterocycles. The Morgan fingerprint density at radius 3 is 2.47 bits per heavy atom. The van der Waals surface area contributed by atoms with E-state index in [1.54, 1.807) is 7.11 Å². The molecule has 0 aliphatic rings. The summed E-state index contributed by atoms with van der Waals surface area (Å²) in [6, 6.07) is 12.3. The minimum absolute atomic E-state index is 0.914. The maximum absolute atomic E-state index is 5.32. The molecule has 0 heterocycles. The van der Waals surface area contributed by atoms with Gasteiger partial charge in [0.2, 0.25) is 0 Å². The van der Waals surface area contributed by atoms with Crippen LogP contribution in [-0.4, -0.2) is 7.11 Å². The van der Waals surface area contributed by atoms with Crippen molar-refractivity contribution in [3.05, 3.63) is 46.9 Å². The zero-order valence-electron chi connectivity index (χ0n) is 8.41. The molecule has 0 aromatic heterocycles. The van der Waals surface area contributed by atoms with Gasteiger partial charge in [0.05, 0.1) is 7.11 Å². The van der Waals surface area contributed by atoms with E-state index in [-0.39, 0.29) is 0 Å². The van der Waals surface area contributed by atoms with Crippen molar-refractivity contribution in [3.63, 3.8) is 0 Å². The van der Waals surface area contributed by atoms with E-state index in [2.05, 4.69) is 34.1 Å². The molecule has 0 atom stereocenters. The molecule has 2 aromatic rings. The van der Waals surface area contributed by atoms with E-state index in [0.717, 1.165) is 11.1 Å². The van der Waals surface area contributed by atoms with Crippen LogP contribution in [0.15, 0.2) is 41.4 Å². The zero-order chi connectivity index (χ0) is 10.7. The number of rotatable bonds is 2. The van der Waals surface area contributed by atoms with E-state index in [0.29, 0.717) is 0 Å². The summed E-state index contributed by atoms with van der Waals surface area (Å²) in [7, 11) is 1.70. The van der Waals surface area contributed by atoms with Crippen LogP contribution in [0, 0.1) is 0 Å². The third kappa shape index (κ3) is 1.90. The van der Waals surface area contributed by atoms with Gasteiger partial charge in [0.25, 0.3) is 0 Å². The van der Waals surface area contributed by atoms with Gasteiger partial charge in [-0.25, -0.2) is 0 Å². The van der Waals surface area contributed by atoms with Crippen LogP contribution in [0.1, 0.15) is 5.56 Å². The Kier molecular flexibility index (Phi) is 3.07. The lowest BCUT2D eigenvalue weighted by molar-refractivity contribution is 0.420. The van der Waals surface area contributed by atoms with Gasteiger partial charge < -0.3 is 4.74 Å². The molecule has 0 N–H and O–H groups in total. The molecule has 0 spiro atoms. The molecule has 0 amide bonds. The molecule has 0 aliphatic carbocycles. The van der Waals surface area contributed by atoms with E-state index in [9.17, 15) is 0 Å². The Morgan fingerprint density at radius 1 is 1.07 bits per heavy atom. The monoisotopic (exact) mass is 262 g/mol. The van der Waals surface area contributed by atoms with Crippen molar-refractivity contribution in [1.29, 1.82) is 0 Å². The van der Waals surface area contributed by atoms with Crippen LogP contribution >= 0.6 is 15.9 Å². The Bertz CT molecular complexity index is 503. The Morgan fingerprint density at radius 2 is 1.80 bits per heavy atom. The summed E-state index contributed by atoms with van der Waals surface area (Å²) in [5.41, 5.74) is 1.18. The molecule has 2 heteroatoms. The summed E-state index contributed by atoms with van der Waals surface area (Å²) in [5.74, 6) is 0.914.